The van der Waals surface area contributed by atoms with Crippen LogP contribution in [0.2, 0.25) is 0 Å². The van der Waals surface area contributed by atoms with Crippen molar-refractivity contribution in [1.82, 2.24) is 0 Å². The molecule has 1 aliphatic heterocycles. The molecule has 0 unspecified atom stereocenters. The molecule has 0 aliphatic carbocycles. The third-order valence-electron chi connectivity index (χ3n) is 2.18. The van der Waals surface area contributed by atoms with Gasteiger partial charge in [0.25, 0.3) is 0 Å². The summed E-state index contributed by atoms with van der Waals surface area (Å²) >= 11 is 0. The zero-order chi connectivity index (χ0) is 11.4. The van der Waals surface area contributed by atoms with E-state index in [1.165, 1.54) is 0 Å². The number of rotatable bonds is 4. The molecule has 1 aliphatic rings. The highest BCUT2D eigenvalue weighted by molar-refractivity contribution is 5.50. The molecule has 0 amide bonds. The predicted molar refractivity (Wildman–Crippen MR) is 45.8 cm³/mol. The van der Waals surface area contributed by atoms with Crippen LogP contribution in [-0.2, 0) is 14.3 Å². The van der Waals surface area contributed by atoms with E-state index in [-0.39, 0.29) is 6.61 Å². The minimum absolute atomic E-state index is 0.303. The number of aldehydes is 1. The van der Waals surface area contributed by atoms with Crippen LogP contribution >= 0.6 is 0 Å². The number of aliphatic hydroxyl groups excluding tert-OH is 4. The number of hydrogen-bond donors (Lipinski definition) is 4. The summed E-state index contributed by atoms with van der Waals surface area (Å²) in [7, 11) is 0. The summed E-state index contributed by atoms with van der Waals surface area (Å²) in [5.41, 5.74) is 0. The smallest absolute Gasteiger partial charge is 0.187 e. The summed E-state index contributed by atoms with van der Waals surface area (Å²) in [6.45, 7) is -0.825. The fraction of sp³-hybridized carbons (Fsp3) is 0.875. The van der Waals surface area contributed by atoms with Gasteiger partial charge in [-0.3, -0.25) is 0 Å². The van der Waals surface area contributed by atoms with Crippen molar-refractivity contribution in [1.29, 1.82) is 0 Å². The largest absolute Gasteiger partial charge is 0.394 e. The molecule has 0 spiro atoms. The molecule has 7 nitrogen and oxygen atoms in total. The van der Waals surface area contributed by atoms with Gasteiger partial charge in [-0.25, -0.2) is 0 Å². The number of aliphatic hydroxyl groups is 4. The molecule has 0 aromatic carbocycles. The lowest BCUT2D eigenvalue weighted by Gasteiger charge is -2.39. The first kappa shape index (κ1) is 12.5. The SMILES string of the molecule is O=CCO[C@H]1O[C@H](CO)[C@@H](O)[C@@H](O)[C@H]1O. The molecule has 1 fully saturated rings. The van der Waals surface area contributed by atoms with Crippen LogP contribution in [0.5, 0.6) is 0 Å². The Morgan fingerprint density at radius 1 is 1.20 bits per heavy atom. The van der Waals surface area contributed by atoms with Gasteiger partial charge in [-0.1, -0.05) is 0 Å². The molecule has 0 bridgehead atoms. The number of carbonyl (C=O) groups is 1. The van der Waals surface area contributed by atoms with Crippen LogP contribution in [0.4, 0.5) is 0 Å². The Morgan fingerprint density at radius 3 is 2.40 bits per heavy atom. The van der Waals surface area contributed by atoms with Crippen molar-refractivity contribution in [2.75, 3.05) is 13.2 Å². The van der Waals surface area contributed by atoms with Crippen molar-refractivity contribution in [2.45, 2.75) is 30.7 Å². The lowest BCUT2D eigenvalue weighted by atomic mass is 9.99. The van der Waals surface area contributed by atoms with Crippen LogP contribution in [0, 0.1) is 0 Å². The second kappa shape index (κ2) is 5.50. The fourth-order valence-electron chi connectivity index (χ4n) is 1.34. The minimum Gasteiger partial charge on any atom is -0.394 e. The van der Waals surface area contributed by atoms with Gasteiger partial charge in [0.2, 0.25) is 0 Å². The predicted octanol–water partition coefficient (Wildman–Crippen LogP) is -3.00. The highest BCUT2D eigenvalue weighted by Crippen LogP contribution is 2.21. The van der Waals surface area contributed by atoms with E-state index < -0.39 is 37.3 Å². The molecule has 1 rings (SSSR count). The summed E-state index contributed by atoms with van der Waals surface area (Å²) in [5, 5.41) is 36.9. The highest BCUT2D eigenvalue weighted by Gasteiger charge is 2.43. The summed E-state index contributed by atoms with van der Waals surface area (Å²) in [4.78, 5) is 10.0. The molecule has 15 heavy (non-hydrogen) atoms. The average Bonchev–Trinajstić information content (AvgIpc) is 2.25. The van der Waals surface area contributed by atoms with Gasteiger partial charge in [0.05, 0.1) is 6.61 Å². The van der Waals surface area contributed by atoms with Gasteiger partial charge in [0.15, 0.2) is 6.29 Å². The first-order valence-electron chi connectivity index (χ1n) is 4.47. The summed E-state index contributed by atoms with van der Waals surface area (Å²) in [6, 6.07) is 0. The van der Waals surface area contributed by atoms with E-state index in [1.54, 1.807) is 0 Å². The van der Waals surface area contributed by atoms with Crippen molar-refractivity contribution in [3.05, 3.63) is 0 Å². The molecule has 0 saturated carbocycles. The third kappa shape index (κ3) is 2.71. The maximum atomic E-state index is 10.0. The Balaban J connectivity index is 2.60. The van der Waals surface area contributed by atoms with E-state index in [9.17, 15) is 20.1 Å². The van der Waals surface area contributed by atoms with Crippen LogP contribution in [0.1, 0.15) is 0 Å². The van der Waals surface area contributed by atoms with E-state index >= 15 is 0 Å². The topological polar surface area (TPSA) is 116 Å². The Bertz CT molecular complexity index is 207. The molecular weight excluding hydrogens is 208 g/mol. The van der Waals surface area contributed by atoms with Gasteiger partial charge in [-0.05, 0) is 0 Å². The maximum absolute atomic E-state index is 10.0. The molecule has 4 N–H and O–H groups in total. The molecule has 1 heterocycles. The standard InChI is InChI=1S/C8H14O7/c9-1-2-14-8-7(13)6(12)5(11)4(3-10)15-8/h1,4-8,10-13H,2-3H2/t4-,5-,6-,7-,8+/m1/s1. The van der Waals surface area contributed by atoms with Gasteiger partial charge < -0.3 is 34.7 Å². The number of carbonyl (C=O) groups excluding carboxylic acids is 1. The molecular formula is C8H14O7. The normalized spacial score (nSPS) is 41.5. The minimum atomic E-state index is -1.48. The Morgan fingerprint density at radius 2 is 1.87 bits per heavy atom. The van der Waals surface area contributed by atoms with Crippen LogP contribution in [0.15, 0.2) is 0 Å². The average molecular weight is 222 g/mol. The molecule has 7 heteroatoms. The van der Waals surface area contributed by atoms with Crippen LogP contribution in [0.3, 0.4) is 0 Å². The van der Waals surface area contributed by atoms with Gasteiger partial charge in [-0.15, -0.1) is 0 Å². The Kier molecular flexibility index (Phi) is 4.58. The second-order valence-electron chi connectivity index (χ2n) is 3.20. The van der Waals surface area contributed by atoms with E-state index in [2.05, 4.69) is 0 Å². The maximum Gasteiger partial charge on any atom is 0.187 e. The molecule has 0 aromatic rings. The first-order chi connectivity index (χ1) is 7.11. The zero-order valence-corrected chi connectivity index (χ0v) is 7.89. The van der Waals surface area contributed by atoms with Crippen molar-refractivity contribution in [3.63, 3.8) is 0 Å². The number of ether oxygens (including phenoxy) is 2. The first-order valence-corrected chi connectivity index (χ1v) is 4.47. The van der Waals surface area contributed by atoms with E-state index in [0.717, 1.165) is 0 Å². The molecule has 0 aromatic heterocycles. The third-order valence-corrected chi connectivity index (χ3v) is 2.18. The molecule has 5 atom stereocenters. The molecule has 88 valence electrons. The summed E-state index contributed by atoms with van der Waals surface area (Å²) in [6.07, 6.45) is -6.14. The Hall–Kier alpha value is -0.570. The van der Waals surface area contributed by atoms with Crippen molar-refractivity contribution in [2.24, 2.45) is 0 Å². The van der Waals surface area contributed by atoms with Crippen LogP contribution in [-0.4, -0.2) is 70.6 Å². The van der Waals surface area contributed by atoms with E-state index in [4.69, 9.17) is 14.6 Å². The fourth-order valence-corrected chi connectivity index (χ4v) is 1.34. The van der Waals surface area contributed by atoms with Crippen molar-refractivity contribution < 1.29 is 34.7 Å². The lowest BCUT2D eigenvalue weighted by Crippen LogP contribution is -2.59. The van der Waals surface area contributed by atoms with Crippen LogP contribution in [0.25, 0.3) is 0 Å². The monoisotopic (exact) mass is 222 g/mol. The zero-order valence-electron chi connectivity index (χ0n) is 7.89. The summed E-state index contributed by atoms with van der Waals surface area (Å²) in [5.74, 6) is 0. The Labute approximate surface area is 85.9 Å². The van der Waals surface area contributed by atoms with Gasteiger partial charge in [0, 0.05) is 0 Å². The van der Waals surface area contributed by atoms with Crippen molar-refractivity contribution in [3.8, 4) is 0 Å². The van der Waals surface area contributed by atoms with E-state index in [1.807, 2.05) is 0 Å². The molecule has 0 radical (unpaired) electrons. The van der Waals surface area contributed by atoms with Crippen molar-refractivity contribution >= 4 is 6.29 Å². The number of hydrogen-bond acceptors (Lipinski definition) is 7. The van der Waals surface area contributed by atoms with Gasteiger partial charge in [-0.2, -0.15) is 0 Å². The molecule has 1 saturated heterocycles. The van der Waals surface area contributed by atoms with Crippen LogP contribution < -0.4 is 0 Å². The lowest BCUT2D eigenvalue weighted by molar-refractivity contribution is -0.298. The second-order valence-corrected chi connectivity index (χ2v) is 3.20. The van der Waals surface area contributed by atoms with E-state index in [0.29, 0.717) is 6.29 Å². The quantitative estimate of drug-likeness (QED) is 0.374. The highest BCUT2D eigenvalue weighted by atomic mass is 16.7. The van der Waals surface area contributed by atoms with Gasteiger partial charge >= 0.3 is 0 Å². The summed E-state index contributed by atoms with van der Waals surface area (Å²) < 4.78 is 9.71. The van der Waals surface area contributed by atoms with Gasteiger partial charge in [0.1, 0.15) is 37.3 Å².